The molecule has 2 atom stereocenters. The summed E-state index contributed by atoms with van der Waals surface area (Å²) in [6.45, 7) is 0. The van der Waals surface area contributed by atoms with Gasteiger partial charge in [-0.25, -0.2) is 13.1 Å². The molecule has 0 aromatic heterocycles. The Labute approximate surface area is 103 Å². The van der Waals surface area contributed by atoms with E-state index < -0.39 is 10.0 Å². The third-order valence-corrected chi connectivity index (χ3v) is 5.56. The average Bonchev–Trinajstić information content (AvgIpc) is 3.01. The topological polar surface area (TPSA) is 46.2 Å². The van der Waals surface area contributed by atoms with Crippen molar-refractivity contribution in [3.05, 3.63) is 0 Å². The van der Waals surface area contributed by atoms with Crippen molar-refractivity contribution >= 4 is 21.6 Å². The predicted molar refractivity (Wildman–Crippen MR) is 66.1 cm³/mol. The Morgan fingerprint density at radius 1 is 1.12 bits per heavy atom. The van der Waals surface area contributed by atoms with Gasteiger partial charge >= 0.3 is 0 Å². The van der Waals surface area contributed by atoms with Gasteiger partial charge in [0.15, 0.2) is 0 Å². The summed E-state index contributed by atoms with van der Waals surface area (Å²) in [6, 6.07) is 0.0787. The molecule has 1 N–H and O–H groups in total. The van der Waals surface area contributed by atoms with Crippen LogP contribution in [0.2, 0.25) is 0 Å². The third-order valence-electron chi connectivity index (χ3n) is 3.59. The molecule has 16 heavy (non-hydrogen) atoms. The van der Waals surface area contributed by atoms with Crippen LogP contribution >= 0.6 is 11.6 Å². The predicted octanol–water partition coefficient (Wildman–Crippen LogP) is 2.11. The number of hydrogen-bond donors (Lipinski definition) is 1. The summed E-state index contributed by atoms with van der Waals surface area (Å²) in [5.74, 6) is 1.62. The Morgan fingerprint density at radius 2 is 1.81 bits per heavy atom. The zero-order valence-corrected chi connectivity index (χ0v) is 11.1. The second kappa shape index (κ2) is 5.23. The SMILES string of the molecule is O=S(=O)(CC1CC1)NC1CCCCC1CCl. The van der Waals surface area contributed by atoms with E-state index in [0.717, 1.165) is 32.1 Å². The molecule has 2 rings (SSSR count). The molecule has 2 aliphatic rings. The summed E-state index contributed by atoms with van der Waals surface area (Å²) in [4.78, 5) is 0. The molecule has 0 aromatic rings. The summed E-state index contributed by atoms with van der Waals surface area (Å²) in [5, 5.41) is 0. The molecule has 0 amide bonds. The van der Waals surface area contributed by atoms with Gasteiger partial charge in [-0.05, 0) is 37.5 Å². The average molecular weight is 266 g/mol. The molecule has 0 radical (unpaired) electrons. The largest absolute Gasteiger partial charge is 0.212 e. The lowest BCUT2D eigenvalue weighted by Crippen LogP contribution is -2.43. The van der Waals surface area contributed by atoms with Gasteiger partial charge in [-0.1, -0.05) is 12.8 Å². The van der Waals surface area contributed by atoms with Crippen LogP contribution in [0, 0.1) is 11.8 Å². The number of hydrogen-bond acceptors (Lipinski definition) is 2. The summed E-state index contributed by atoms with van der Waals surface area (Å²) in [7, 11) is -3.07. The molecule has 0 aliphatic heterocycles. The van der Waals surface area contributed by atoms with Crippen molar-refractivity contribution in [3.63, 3.8) is 0 Å². The first-order valence-electron chi connectivity index (χ1n) is 6.16. The minimum absolute atomic E-state index is 0.0787. The Hall–Kier alpha value is 0.200. The van der Waals surface area contributed by atoms with Gasteiger partial charge in [0.2, 0.25) is 10.0 Å². The highest BCUT2D eigenvalue weighted by Crippen LogP contribution is 2.31. The van der Waals surface area contributed by atoms with E-state index in [-0.39, 0.29) is 6.04 Å². The van der Waals surface area contributed by atoms with Gasteiger partial charge in [-0.2, -0.15) is 0 Å². The van der Waals surface area contributed by atoms with Crippen molar-refractivity contribution in [1.82, 2.24) is 4.72 Å². The van der Waals surface area contributed by atoms with Crippen molar-refractivity contribution in [2.45, 2.75) is 44.6 Å². The normalized spacial score (nSPS) is 31.6. The third kappa shape index (κ3) is 3.60. The van der Waals surface area contributed by atoms with Gasteiger partial charge < -0.3 is 0 Å². The minimum atomic E-state index is -3.07. The van der Waals surface area contributed by atoms with Crippen LogP contribution in [0.1, 0.15) is 38.5 Å². The summed E-state index contributed by atoms with van der Waals surface area (Å²) >= 11 is 5.89. The number of halogens is 1. The molecule has 2 unspecified atom stereocenters. The quantitative estimate of drug-likeness (QED) is 0.774. The lowest BCUT2D eigenvalue weighted by Gasteiger charge is -2.30. The van der Waals surface area contributed by atoms with Crippen LogP contribution in [0.3, 0.4) is 0 Å². The van der Waals surface area contributed by atoms with Crippen LogP contribution in [0.5, 0.6) is 0 Å². The minimum Gasteiger partial charge on any atom is -0.212 e. The fourth-order valence-electron chi connectivity index (χ4n) is 2.42. The maximum atomic E-state index is 11.9. The van der Waals surface area contributed by atoms with E-state index in [1.807, 2.05) is 0 Å². The Morgan fingerprint density at radius 3 is 2.44 bits per heavy atom. The number of sulfonamides is 1. The van der Waals surface area contributed by atoms with E-state index in [2.05, 4.69) is 4.72 Å². The molecular formula is C11H20ClNO2S. The zero-order chi connectivity index (χ0) is 11.6. The standard InChI is InChI=1S/C11H20ClNO2S/c12-7-10-3-1-2-4-11(10)13-16(14,15)8-9-5-6-9/h9-11,13H,1-8H2. The molecule has 0 saturated heterocycles. The lowest BCUT2D eigenvalue weighted by atomic mass is 9.86. The van der Waals surface area contributed by atoms with Gasteiger partial charge in [-0.15, -0.1) is 11.6 Å². The fourth-order valence-corrected chi connectivity index (χ4v) is 4.61. The van der Waals surface area contributed by atoms with Crippen molar-refractivity contribution in [2.24, 2.45) is 11.8 Å². The van der Waals surface area contributed by atoms with Crippen LogP contribution in [0.4, 0.5) is 0 Å². The second-order valence-corrected chi connectivity index (χ2v) is 7.26. The molecule has 2 saturated carbocycles. The van der Waals surface area contributed by atoms with Gasteiger partial charge in [0.1, 0.15) is 0 Å². The Balaban J connectivity index is 1.90. The molecule has 2 fully saturated rings. The fraction of sp³-hybridized carbons (Fsp3) is 1.00. The molecule has 0 heterocycles. The second-order valence-electron chi connectivity index (χ2n) is 5.15. The molecule has 94 valence electrons. The summed E-state index contributed by atoms with van der Waals surface area (Å²) in [6.07, 6.45) is 6.44. The summed E-state index contributed by atoms with van der Waals surface area (Å²) < 4.78 is 26.6. The first-order chi connectivity index (χ1) is 7.61. The lowest BCUT2D eigenvalue weighted by molar-refractivity contribution is 0.313. The Bertz CT molecular complexity index is 327. The van der Waals surface area contributed by atoms with Crippen LogP contribution in [0.15, 0.2) is 0 Å². The monoisotopic (exact) mass is 265 g/mol. The molecule has 3 nitrogen and oxygen atoms in total. The van der Waals surface area contributed by atoms with E-state index in [9.17, 15) is 8.42 Å². The maximum Gasteiger partial charge on any atom is 0.212 e. The van der Waals surface area contributed by atoms with E-state index in [1.165, 1.54) is 6.42 Å². The van der Waals surface area contributed by atoms with Crippen LogP contribution < -0.4 is 4.72 Å². The highest BCUT2D eigenvalue weighted by molar-refractivity contribution is 7.89. The molecule has 0 aromatic carbocycles. The molecule has 0 spiro atoms. The van der Waals surface area contributed by atoms with Crippen LogP contribution in [-0.4, -0.2) is 26.1 Å². The first kappa shape index (κ1) is 12.7. The zero-order valence-electron chi connectivity index (χ0n) is 9.49. The van der Waals surface area contributed by atoms with E-state index in [0.29, 0.717) is 23.5 Å². The van der Waals surface area contributed by atoms with Gasteiger partial charge in [-0.3, -0.25) is 0 Å². The van der Waals surface area contributed by atoms with E-state index in [1.54, 1.807) is 0 Å². The van der Waals surface area contributed by atoms with Crippen LogP contribution in [-0.2, 0) is 10.0 Å². The molecule has 0 bridgehead atoms. The molecule has 2 aliphatic carbocycles. The van der Waals surface area contributed by atoms with Crippen molar-refractivity contribution < 1.29 is 8.42 Å². The van der Waals surface area contributed by atoms with E-state index >= 15 is 0 Å². The van der Waals surface area contributed by atoms with Crippen LogP contribution in [0.25, 0.3) is 0 Å². The molecule has 5 heteroatoms. The highest BCUT2D eigenvalue weighted by atomic mass is 35.5. The van der Waals surface area contributed by atoms with Gasteiger partial charge in [0, 0.05) is 11.9 Å². The van der Waals surface area contributed by atoms with Gasteiger partial charge in [0.05, 0.1) is 5.75 Å². The number of rotatable bonds is 5. The van der Waals surface area contributed by atoms with E-state index in [4.69, 9.17) is 11.6 Å². The first-order valence-corrected chi connectivity index (χ1v) is 8.35. The highest BCUT2D eigenvalue weighted by Gasteiger charge is 2.32. The van der Waals surface area contributed by atoms with Crippen molar-refractivity contribution in [3.8, 4) is 0 Å². The van der Waals surface area contributed by atoms with Crippen molar-refractivity contribution in [1.29, 1.82) is 0 Å². The van der Waals surface area contributed by atoms with Crippen molar-refractivity contribution in [2.75, 3.05) is 11.6 Å². The summed E-state index contributed by atoms with van der Waals surface area (Å²) in [5.41, 5.74) is 0. The number of alkyl halides is 1. The Kier molecular flexibility index (Phi) is 4.14. The van der Waals surface area contributed by atoms with Gasteiger partial charge in [0.25, 0.3) is 0 Å². The number of nitrogens with one attached hydrogen (secondary N) is 1. The smallest absolute Gasteiger partial charge is 0.212 e. The maximum absolute atomic E-state index is 11.9. The molecular weight excluding hydrogens is 246 g/mol.